The number of carbonyl (C=O) groups excluding carboxylic acids is 1. The predicted octanol–water partition coefficient (Wildman–Crippen LogP) is 5.08. The van der Waals surface area contributed by atoms with Crippen molar-refractivity contribution < 1.29 is 18.3 Å². The van der Waals surface area contributed by atoms with E-state index in [1.807, 2.05) is 42.6 Å². The van der Waals surface area contributed by atoms with Gasteiger partial charge in [0.25, 0.3) is 0 Å². The number of thiazole rings is 1. The number of halogens is 2. The summed E-state index contributed by atoms with van der Waals surface area (Å²) in [5.74, 6) is -0.106. The van der Waals surface area contributed by atoms with Gasteiger partial charge in [-0.25, -0.2) is 4.98 Å². The van der Waals surface area contributed by atoms with E-state index in [4.69, 9.17) is 0 Å². The van der Waals surface area contributed by atoms with Crippen LogP contribution in [0.3, 0.4) is 0 Å². The van der Waals surface area contributed by atoms with Crippen LogP contribution in [0.25, 0.3) is 0 Å². The van der Waals surface area contributed by atoms with E-state index in [1.54, 1.807) is 12.1 Å². The first-order valence-corrected chi connectivity index (χ1v) is 9.76. The highest BCUT2D eigenvalue weighted by molar-refractivity contribution is 7.09. The van der Waals surface area contributed by atoms with Crippen LogP contribution in [0.2, 0.25) is 0 Å². The number of aryl methyl sites for hydroxylation is 1. The second-order valence-electron chi connectivity index (χ2n) is 6.17. The molecule has 0 aliphatic heterocycles. The lowest BCUT2D eigenvalue weighted by atomic mass is 10.0. The highest BCUT2D eigenvalue weighted by atomic mass is 32.1. The number of rotatable bonds is 8. The summed E-state index contributed by atoms with van der Waals surface area (Å²) in [6, 6.07) is 14.1. The van der Waals surface area contributed by atoms with Gasteiger partial charge < -0.3 is 10.1 Å². The molecule has 0 unspecified atom stereocenters. The first kappa shape index (κ1) is 19.9. The Balaban J connectivity index is 1.75. The Bertz CT molecular complexity index is 929. The van der Waals surface area contributed by atoms with Crippen molar-refractivity contribution in [3.8, 4) is 5.75 Å². The molecule has 28 heavy (non-hydrogen) atoms. The number of nitrogens with zero attached hydrogens (tertiary/aromatic N) is 1. The van der Waals surface area contributed by atoms with E-state index < -0.39 is 6.61 Å². The maximum Gasteiger partial charge on any atom is 0.387 e. The van der Waals surface area contributed by atoms with Gasteiger partial charge in [-0.15, -0.1) is 11.3 Å². The second-order valence-corrected chi connectivity index (χ2v) is 7.12. The topological polar surface area (TPSA) is 51.2 Å². The molecule has 1 amide bonds. The molecular formula is C21H20F2N2O2S. The molecule has 3 rings (SSSR count). The average molecular weight is 402 g/mol. The van der Waals surface area contributed by atoms with Gasteiger partial charge in [-0.2, -0.15) is 8.78 Å². The average Bonchev–Trinajstić information content (AvgIpc) is 3.12. The summed E-state index contributed by atoms with van der Waals surface area (Å²) in [5, 5.41) is 5.67. The zero-order valence-corrected chi connectivity index (χ0v) is 16.1. The summed E-state index contributed by atoms with van der Waals surface area (Å²) in [6.07, 6.45) is 1.42. The molecule has 0 radical (unpaired) electrons. The molecule has 0 fully saturated rings. The van der Waals surface area contributed by atoms with Gasteiger partial charge in [0.05, 0.1) is 17.1 Å². The van der Waals surface area contributed by atoms with Crippen LogP contribution in [-0.4, -0.2) is 17.5 Å². The zero-order chi connectivity index (χ0) is 19.9. The SMILES string of the molecule is CCc1nc(CC(=O)Nc2ccc(OC(F)F)c(Cc3ccccc3)c2)cs1. The summed E-state index contributed by atoms with van der Waals surface area (Å²) < 4.78 is 30.1. The molecule has 146 valence electrons. The quantitative estimate of drug-likeness (QED) is 0.572. The second kappa shape index (κ2) is 9.41. The van der Waals surface area contributed by atoms with E-state index in [1.165, 1.54) is 17.4 Å². The Kier molecular flexibility index (Phi) is 6.71. The summed E-state index contributed by atoms with van der Waals surface area (Å²) in [7, 11) is 0. The molecule has 0 saturated carbocycles. The van der Waals surface area contributed by atoms with Crippen LogP contribution in [-0.2, 0) is 24.1 Å². The summed E-state index contributed by atoms with van der Waals surface area (Å²) in [4.78, 5) is 16.7. The number of benzene rings is 2. The number of alkyl halides is 2. The van der Waals surface area contributed by atoms with Crippen molar-refractivity contribution in [1.29, 1.82) is 0 Å². The maximum atomic E-state index is 12.7. The Morgan fingerprint density at radius 3 is 2.68 bits per heavy atom. The molecule has 1 N–H and O–H groups in total. The number of carbonyl (C=O) groups is 1. The third kappa shape index (κ3) is 5.60. The minimum Gasteiger partial charge on any atom is -0.435 e. The normalized spacial score (nSPS) is 10.9. The minimum atomic E-state index is -2.91. The molecule has 0 atom stereocenters. The molecule has 7 heteroatoms. The Morgan fingerprint density at radius 2 is 2.00 bits per heavy atom. The lowest BCUT2D eigenvalue weighted by Crippen LogP contribution is -2.15. The van der Waals surface area contributed by atoms with Crippen molar-refractivity contribution in [2.45, 2.75) is 32.8 Å². The Labute approximate surface area is 166 Å². The van der Waals surface area contributed by atoms with Gasteiger partial charge in [-0.3, -0.25) is 4.79 Å². The molecule has 0 spiro atoms. The van der Waals surface area contributed by atoms with Crippen molar-refractivity contribution in [2.24, 2.45) is 0 Å². The number of anilines is 1. The number of nitrogens with one attached hydrogen (secondary N) is 1. The van der Waals surface area contributed by atoms with Crippen LogP contribution >= 0.6 is 11.3 Å². The Morgan fingerprint density at radius 1 is 1.21 bits per heavy atom. The van der Waals surface area contributed by atoms with Crippen LogP contribution in [0.5, 0.6) is 5.75 Å². The number of amides is 1. The van der Waals surface area contributed by atoms with Crippen LogP contribution in [0, 0.1) is 0 Å². The first-order chi connectivity index (χ1) is 13.5. The summed E-state index contributed by atoms with van der Waals surface area (Å²) in [6.45, 7) is -0.896. The largest absolute Gasteiger partial charge is 0.435 e. The zero-order valence-electron chi connectivity index (χ0n) is 15.3. The van der Waals surface area contributed by atoms with Gasteiger partial charge >= 0.3 is 6.61 Å². The van der Waals surface area contributed by atoms with Crippen LogP contribution in [0.15, 0.2) is 53.9 Å². The van der Waals surface area contributed by atoms with Gasteiger partial charge in [0.2, 0.25) is 5.91 Å². The molecule has 2 aromatic carbocycles. The number of hydrogen-bond donors (Lipinski definition) is 1. The third-order valence-corrected chi connectivity index (χ3v) is 5.08. The molecule has 1 heterocycles. The minimum absolute atomic E-state index is 0.101. The molecule has 0 aliphatic carbocycles. The molecule has 4 nitrogen and oxygen atoms in total. The maximum absolute atomic E-state index is 12.7. The fourth-order valence-electron chi connectivity index (χ4n) is 2.78. The number of ether oxygens (including phenoxy) is 1. The smallest absolute Gasteiger partial charge is 0.387 e. The van der Waals surface area contributed by atoms with Crippen molar-refractivity contribution >= 4 is 22.9 Å². The first-order valence-electron chi connectivity index (χ1n) is 8.88. The van der Waals surface area contributed by atoms with Gasteiger partial charge in [0.15, 0.2) is 0 Å². The molecule has 0 saturated heterocycles. The van der Waals surface area contributed by atoms with Crippen LogP contribution in [0.4, 0.5) is 14.5 Å². The fraction of sp³-hybridized carbons (Fsp3) is 0.238. The van der Waals surface area contributed by atoms with E-state index >= 15 is 0 Å². The van der Waals surface area contributed by atoms with Gasteiger partial charge in [0.1, 0.15) is 5.75 Å². The van der Waals surface area contributed by atoms with E-state index in [0.29, 0.717) is 17.7 Å². The van der Waals surface area contributed by atoms with Gasteiger partial charge in [0, 0.05) is 23.1 Å². The van der Waals surface area contributed by atoms with E-state index in [0.717, 1.165) is 22.7 Å². The monoisotopic (exact) mass is 402 g/mol. The highest BCUT2D eigenvalue weighted by Gasteiger charge is 2.13. The van der Waals surface area contributed by atoms with Crippen molar-refractivity contribution in [3.05, 3.63) is 75.7 Å². The molecule has 0 aliphatic rings. The molecule has 1 aromatic heterocycles. The third-order valence-electron chi connectivity index (χ3n) is 4.04. The highest BCUT2D eigenvalue weighted by Crippen LogP contribution is 2.27. The predicted molar refractivity (Wildman–Crippen MR) is 106 cm³/mol. The van der Waals surface area contributed by atoms with Crippen molar-refractivity contribution in [2.75, 3.05) is 5.32 Å². The van der Waals surface area contributed by atoms with E-state index in [-0.39, 0.29) is 18.1 Å². The molecular weight excluding hydrogens is 382 g/mol. The lowest BCUT2D eigenvalue weighted by Gasteiger charge is -2.13. The Hall–Kier alpha value is -2.80. The van der Waals surface area contributed by atoms with Crippen molar-refractivity contribution in [3.63, 3.8) is 0 Å². The summed E-state index contributed by atoms with van der Waals surface area (Å²) in [5.41, 5.74) is 2.79. The fourth-order valence-corrected chi connectivity index (χ4v) is 3.53. The van der Waals surface area contributed by atoms with Crippen molar-refractivity contribution in [1.82, 2.24) is 4.98 Å². The standard InChI is InChI=1S/C21H20F2N2O2S/c1-2-20-25-17(13-28-20)12-19(26)24-16-8-9-18(27-21(22)23)15(11-16)10-14-6-4-3-5-7-14/h3-9,11,13,21H,2,10,12H2,1H3,(H,24,26). The van der Waals surface area contributed by atoms with E-state index in [2.05, 4.69) is 15.0 Å². The molecule has 0 bridgehead atoms. The van der Waals surface area contributed by atoms with Crippen LogP contribution in [0.1, 0.15) is 28.8 Å². The van der Waals surface area contributed by atoms with Gasteiger partial charge in [-0.1, -0.05) is 37.3 Å². The lowest BCUT2D eigenvalue weighted by molar-refractivity contribution is -0.115. The van der Waals surface area contributed by atoms with E-state index in [9.17, 15) is 13.6 Å². The number of hydrogen-bond acceptors (Lipinski definition) is 4. The number of aromatic nitrogens is 1. The summed E-state index contributed by atoms with van der Waals surface area (Å²) >= 11 is 1.53. The van der Waals surface area contributed by atoms with Crippen LogP contribution < -0.4 is 10.1 Å². The molecule has 3 aromatic rings. The van der Waals surface area contributed by atoms with Gasteiger partial charge in [-0.05, 0) is 30.2 Å².